The van der Waals surface area contributed by atoms with Crippen LogP contribution >= 0.6 is 0 Å². The van der Waals surface area contributed by atoms with E-state index in [-0.39, 0.29) is 0 Å². The summed E-state index contributed by atoms with van der Waals surface area (Å²) in [6.07, 6.45) is 12.9. The number of rotatable bonds is 11. The van der Waals surface area contributed by atoms with Crippen LogP contribution in [0.1, 0.15) is 69.3 Å². The maximum atomic E-state index is 10.3. The molecule has 0 aliphatic rings. The van der Waals surface area contributed by atoms with Crippen molar-refractivity contribution < 1.29 is 9.90 Å². The number of aryl methyl sites for hydroxylation is 3. The van der Waals surface area contributed by atoms with E-state index in [0.29, 0.717) is 6.42 Å². The van der Waals surface area contributed by atoms with Crippen molar-refractivity contribution in [2.75, 3.05) is 0 Å². The van der Waals surface area contributed by atoms with Gasteiger partial charge < -0.3 is 9.67 Å². The van der Waals surface area contributed by atoms with Gasteiger partial charge in [0, 0.05) is 19.7 Å². The maximum absolute atomic E-state index is 10.3. The van der Waals surface area contributed by atoms with Crippen molar-refractivity contribution in [3.8, 4) is 0 Å². The molecule has 0 atom stereocenters. The second kappa shape index (κ2) is 9.56. The molecule has 1 aromatic rings. The molecule has 1 aromatic heterocycles. The zero-order valence-electron chi connectivity index (χ0n) is 12.9. The third-order valence-electron chi connectivity index (χ3n) is 3.73. The first-order valence-electron chi connectivity index (χ1n) is 7.80. The molecule has 4 heteroatoms. The van der Waals surface area contributed by atoms with Crippen LogP contribution in [-0.2, 0) is 18.3 Å². The molecule has 4 nitrogen and oxygen atoms in total. The third kappa shape index (κ3) is 7.31. The largest absolute Gasteiger partial charge is 0.481 e. The highest BCUT2D eigenvalue weighted by molar-refractivity contribution is 5.66. The zero-order valence-corrected chi connectivity index (χ0v) is 12.9. The maximum Gasteiger partial charge on any atom is 0.303 e. The van der Waals surface area contributed by atoms with E-state index in [0.717, 1.165) is 25.1 Å². The fraction of sp³-hybridized carbons (Fsp3) is 0.750. The van der Waals surface area contributed by atoms with E-state index in [1.807, 2.05) is 14.0 Å². The molecule has 1 heterocycles. The Morgan fingerprint density at radius 3 is 2.15 bits per heavy atom. The van der Waals surface area contributed by atoms with Crippen LogP contribution in [-0.4, -0.2) is 20.6 Å². The molecular formula is C16H28N2O2. The van der Waals surface area contributed by atoms with E-state index in [1.54, 1.807) is 0 Å². The summed E-state index contributed by atoms with van der Waals surface area (Å²) < 4.78 is 2.08. The minimum absolute atomic E-state index is 0.323. The number of carboxylic acids is 1. The van der Waals surface area contributed by atoms with Gasteiger partial charge in [-0.2, -0.15) is 0 Å². The lowest BCUT2D eigenvalue weighted by atomic mass is 10.1. The van der Waals surface area contributed by atoms with Crippen LogP contribution in [0.2, 0.25) is 0 Å². The fourth-order valence-corrected chi connectivity index (χ4v) is 2.40. The minimum atomic E-state index is -0.672. The Hall–Kier alpha value is -1.32. The predicted molar refractivity (Wildman–Crippen MR) is 80.8 cm³/mol. The zero-order chi connectivity index (χ0) is 14.8. The van der Waals surface area contributed by atoms with Gasteiger partial charge in [-0.15, -0.1) is 0 Å². The van der Waals surface area contributed by atoms with Crippen molar-refractivity contribution in [2.45, 2.75) is 71.1 Å². The molecule has 0 aromatic carbocycles. The molecule has 0 saturated heterocycles. The molecule has 0 bridgehead atoms. The smallest absolute Gasteiger partial charge is 0.303 e. The lowest BCUT2D eigenvalue weighted by molar-refractivity contribution is -0.137. The number of carbonyl (C=O) groups is 1. The highest BCUT2D eigenvalue weighted by Gasteiger charge is 2.01. The average Bonchev–Trinajstić information content (AvgIpc) is 2.70. The summed E-state index contributed by atoms with van der Waals surface area (Å²) in [4.78, 5) is 14.8. The first kappa shape index (κ1) is 16.7. The quantitative estimate of drug-likeness (QED) is 0.626. The topological polar surface area (TPSA) is 55.1 Å². The van der Waals surface area contributed by atoms with Gasteiger partial charge in [-0.25, -0.2) is 4.98 Å². The SMILES string of the molecule is Cc1nc(CCCCCCCCCCC(=O)O)cn1C. The van der Waals surface area contributed by atoms with Gasteiger partial charge in [-0.1, -0.05) is 38.5 Å². The van der Waals surface area contributed by atoms with Crippen LogP contribution in [0.25, 0.3) is 0 Å². The third-order valence-corrected chi connectivity index (χ3v) is 3.73. The molecule has 0 spiro atoms. The summed E-state index contributed by atoms with van der Waals surface area (Å²) in [5.41, 5.74) is 1.21. The number of imidazole rings is 1. The Bertz CT molecular complexity index is 380. The van der Waals surface area contributed by atoms with Crippen LogP contribution in [0.4, 0.5) is 0 Å². The molecule has 0 amide bonds. The van der Waals surface area contributed by atoms with Crippen molar-refractivity contribution in [3.63, 3.8) is 0 Å². The van der Waals surface area contributed by atoms with Crippen LogP contribution < -0.4 is 0 Å². The van der Waals surface area contributed by atoms with E-state index in [4.69, 9.17) is 5.11 Å². The summed E-state index contributed by atoms with van der Waals surface area (Å²) in [6, 6.07) is 0. The molecular weight excluding hydrogens is 252 g/mol. The van der Waals surface area contributed by atoms with E-state index < -0.39 is 5.97 Å². The van der Waals surface area contributed by atoms with Crippen LogP contribution in [0, 0.1) is 6.92 Å². The molecule has 114 valence electrons. The second-order valence-electron chi connectivity index (χ2n) is 5.61. The highest BCUT2D eigenvalue weighted by atomic mass is 16.4. The Morgan fingerprint density at radius 2 is 1.65 bits per heavy atom. The normalized spacial score (nSPS) is 10.9. The van der Waals surface area contributed by atoms with Crippen molar-refractivity contribution in [1.82, 2.24) is 9.55 Å². The van der Waals surface area contributed by atoms with Crippen LogP contribution in [0.3, 0.4) is 0 Å². The lowest BCUT2D eigenvalue weighted by Gasteiger charge is -2.01. The van der Waals surface area contributed by atoms with Crippen molar-refractivity contribution in [2.24, 2.45) is 7.05 Å². The van der Waals surface area contributed by atoms with Gasteiger partial charge in [0.05, 0.1) is 5.69 Å². The predicted octanol–water partition coefficient (Wildman–Crippen LogP) is 3.87. The Labute approximate surface area is 122 Å². The summed E-state index contributed by atoms with van der Waals surface area (Å²) in [5.74, 6) is 0.413. The first-order valence-corrected chi connectivity index (χ1v) is 7.80. The van der Waals surface area contributed by atoms with Crippen molar-refractivity contribution >= 4 is 5.97 Å². The van der Waals surface area contributed by atoms with Crippen molar-refractivity contribution in [1.29, 1.82) is 0 Å². The molecule has 0 unspecified atom stereocenters. The Kier molecular flexibility index (Phi) is 8.00. The van der Waals surface area contributed by atoms with Gasteiger partial charge >= 0.3 is 5.97 Å². The van der Waals surface area contributed by atoms with E-state index in [2.05, 4.69) is 15.7 Å². The van der Waals surface area contributed by atoms with Gasteiger partial charge in [0.2, 0.25) is 0 Å². The first-order chi connectivity index (χ1) is 9.59. The van der Waals surface area contributed by atoms with Gasteiger partial charge in [-0.05, 0) is 26.2 Å². The molecule has 1 N–H and O–H groups in total. The number of aliphatic carboxylic acids is 1. The highest BCUT2D eigenvalue weighted by Crippen LogP contribution is 2.11. The monoisotopic (exact) mass is 280 g/mol. The number of hydrogen-bond acceptors (Lipinski definition) is 2. The molecule has 0 aliphatic carbocycles. The molecule has 0 fully saturated rings. The van der Waals surface area contributed by atoms with Crippen LogP contribution in [0.5, 0.6) is 0 Å². The molecule has 1 rings (SSSR count). The summed E-state index contributed by atoms with van der Waals surface area (Å²) in [6.45, 7) is 2.04. The van der Waals surface area contributed by atoms with Crippen LogP contribution in [0.15, 0.2) is 6.20 Å². The van der Waals surface area contributed by atoms with Gasteiger partial charge in [0.25, 0.3) is 0 Å². The number of hydrogen-bond donors (Lipinski definition) is 1. The number of unbranched alkanes of at least 4 members (excludes halogenated alkanes) is 7. The van der Waals surface area contributed by atoms with E-state index in [9.17, 15) is 4.79 Å². The fourth-order valence-electron chi connectivity index (χ4n) is 2.40. The molecule has 20 heavy (non-hydrogen) atoms. The second-order valence-corrected chi connectivity index (χ2v) is 5.61. The van der Waals surface area contributed by atoms with Gasteiger partial charge in [0.1, 0.15) is 5.82 Å². The Morgan fingerprint density at radius 1 is 1.10 bits per heavy atom. The minimum Gasteiger partial charge on any atom is -0.481 e. The summed E-state index contributed by atoms with van der Waals surface area (Å²) >= 11 is 0. The standard InChI is InChI=1S/C16H28N2O2/c1-14-17-15(13-18(14)2)11-9-7-5-3-4-6-8-10-12-16(19)20/h13H,3-12H2,1-2H3,(H,19,20). The molecule has 0 radical (unpaired) electrons. The summed E-state index contributed by atoms with van der Waals surface area (Å²) in [7, 11) is 2.04. The van der Waals surface area contributed by atoms with Gasteiger partial charge in [0.15, 0.2) is 0 Å². The van der Waals surface area contributed by atoms with Gasteiger partial charge in [-0.3, -0.25) is 4.79 Å². The number of aromatic nitrogens is 2. The average molecular weight is 280 g/mol. The Balaban J connectivity index is 1.89. The molecule has 0 aliphatic heterocycles. The number of carboxylic acid groups (broad SMARTS) is 1. The lowest BCUT2D eigenvalue weighted by Crippen LogP contribution is -1.93. The van der Waals surface area contributed by atoms with Crippen molar-refractivity contribution in [3.05, 3.63) is 17.7 Å². The molecule has 0 saturated carbocycles. The van der Waals surface area contributed by atoms with E-state index in [1.165, 1.54) is 44.2 Å². The number of nitrogens with zero attached hydrogens (tertiary/aromatic N) is 2. The summed E-state index contributed by atoms with van der Waals surface area (Å²) in [5, 5.41) is 8.52. The van der Waals surface area contributed by atoms with E-state index >= 15 is 0 Å².